The summed E-state index contributed by atoms with van der Waals surface area (Å²) in [4.78, 5) is 3.84. The molecule has 0 spiro atoms. The lowest BCUT2D eigenvalue weighted by Crippen LogP contribution is -1.87. The molecule has 0 bridgehead atoms. The number of sulfone groups is 1. The van der Waals surface area contributed by atoms with Crippen LogP contribution in [0.25, 0.3) is 6.08 Å². The Morgan fingerprint density at radius 1 is 1.50 bits per heavy atom. The number of aromatic nitrogens is 1. The molecular formula is C8H9NO2S. The van der Waals surface area contributed by atoms with Crippen molar-refractivity contribution in [2.45, 2.75) is 0 Å². The van der Waals surface area contributed by atoms with Gasteiger partial charge in [-0.1, -0.05) is 6.07 Å². The molecule has 1 rings (SSSR count). The number of rotatable bonds is 2. The summed E-state index contributed by atoms with van der Waals surface area (Å²) in [6, 6.07) is 3.54. The Morgan fingerprint density at radius 2 is 2.25 bits per heavy atom. The van der Waals surface area contributed by atoms with Gasteiger partial charge in [-0.05, 0) is 17.7 Å². The molecule has 0 aromatic carbocycles. The first-order valence-corrected chi connectivity index (χ1v) is 5.31. The number of nitrogens with zero attached hydrogens (tertiary/aromatic N) is 1. The third-order valence-corrected chi connectivity index (χ3v) is 1.82. The van der Waals surface area contributed by atoms with E-state index in [4.69, 9.17) is 0 Å². The van der Waals surface area contributed by atoms with Crippen molar-refractivity contribution >= 4 is 15.9 Å². The minimum absolute atomic E-state index is 0.780. The van der Waals surface area contributed by atoms with E-state index in [9.17, 15) is 8.42 Å². The third kappa shape index (κ3) is 3.30. The average molecular weight is 183 g/mol. The molecule has 4 heteroatoms. The van der Waals surface area contributed by atoms with Crippen LogP contribution in [0.15, 0.2) is 29.9 Å². The Kier molecular flexibility index (Phi) is 2.60. The van der Waals surface area contributed by atoms with Crippen LogP contribution in [-0.4, -0.2) is 19.7 Å². The van der Waals surface area contributed by atoms with Gasteiger partial charge in [0, 0.05) is 24.1 Å². The zero-order valence-corrected chi connectivity index (χ0v) is 7.45. The normalized spacial score (nSPS) is 12.1. The van der Waals surface area contributed by atoms with Gasteiger partial charge >= 0.3 is 0 Å². The average Bonchev–Trinajstić information content (AvgIpc) is 2.02. The fourth-order valence-corrected chi connectivity index (χ4v) is 1.08. The number of pyridine rings is 1. The maximum absolute atomic E-state index is 10.7. The third-order valence-electron chi connectivity index (χ3n) is 1.19. The zero-order valence-electron chi connectivity index (χ0n) is 6.64. The van der Waals surface area contributed by atoms with E-state index >= 15 is 0 Å². The molecule has 12 heavy (non-hydrogen) atoms. The molecule has 0 radical (unpaired) electrons. The molecule has 0 aliphatic heterocycles. The molecule has 0 N–H and O–H groups in total. The standard InChI is InChI=1S/C8H9NO2S/c1-12(10,11)6-4-8-3-2-5-9-7-8/h2-7H,1H3/b6-4-. The lowest BCUT2D eigenvalue weighted by Gasteiger charge is -1.89. The second kappa shape index (κ2) is 3.49. The Hall–Kier alpha value is -1.16. The van der Waals surface area contributed by atoms with Crippen molar-refractivity contribution in [1.82, 2.24) is 4.98 Å². The fourth-order valence-electron chi connectivity index (χ4n) is 0.677. The summed E-state index contributed by atoms with van der Waals surface area (Å²) in [6.45, 7) is 0. The van der Waals surface area contributed by atoms with Gasteiger partial charge in [-0.25, -0.2) is 8.42 Å². The van der Waals surface area contributed by atoms with Gasteiger partial charge in [0.2, 0.25) is 0 Å². The van der Waals surface area contributed by atoms with E-state index in [1.54, 1.807) is 24.5 Å². The van der Waals surface area contributed by atoms with E-state index in [-0.39, 0.29) is 0 Å². The van der Waals surface area contributed by atoms with E-state index in [2.05, 4.69) is 4.98 Å². The smallest absolute Gasteiger partial charge is 0.168 e. The maximum atomic E-state index is 10.7. The summed E-state index contributed by atoms with van der Waals surface area (Å²) in [6.07, 6.45) is 5.90. The van der Waals surface area contributed by atoms with Gasteiger partial charge in [0.25, 0.3) is 0 Å². The SMILES string of the molecule is CS(=O)(=O)/C=C\c1cccnc1. The summed E-state index contributed by atoms with van der Waals surface area (Å²) in [5.74, 6) is 0. The van der Waals surface area contributed by atoms with Gasteiger partial charge < -0.3 is 0 Å². The molecule has 0 unspecified atom stereocenters. The van der Waals surface area contributed by atoms with Gasteiger partial charge in [-0.15, -0.1) is 0 Å². The molecular weight excluding hydrogens is 174 g/mol. The van der Waals surface area contributed by atoms with Crippen molar-refractivity contribution in [1.29, 1.82) is 0 Å². The molecule has 0 aliphatic carbocycles. The van der Waals surface area contributed by atoms with Crippen LogP contribution in [-0.2, 0) is 9.84 Å². The monoisotopic (exact) mass is 183 g/mol. The van der Waals surface area contributed by atoms with Gasteiger partial charge in [-0.3, -0.25) is 4.98 Å². The highest BCUT2D eigenvalue weighted by molar-refractivity contribution is 7.93. The summed E-state index contributed by atoms with van der Waals surface area (Å²) >= 11 is 0. The predicted molar refractivity (Wildman–Crippen MR) is 48.1 cm³/mol. The molecule has 0 saturated heterocycles. The van der Waals surface area contributed by atoms with Gasteiger partial charge in [0.1, 0.15) is 0 Å². The molecule has 3 nitrogen and oxygen atoms in total. The first kappa shape index (κ1) is 8.93. The van der Waals surface area contributed by atoms with Crippen molar-refractivity contribution in [3.05, 3.63) is 35.5 Å². The maximum Gasteiger partial charge on any atom is 0.168 e. The van der Waals surface area contributed by atoms with E-state index in [1.165, 1.54) is 6.08 Å². The van der Waals surface area contributed by atoms with Crippen molar-refractivity contribution < 1.29 is 8.42 Å². The largest absolute Gasteiger partial charge is 0.264 e. The van der Waals surface area contributed by atoms with Crippen LogP contribution in [0.3, 0.4) is 0 Å². The lowest BCUT2D eigenvalue weighted by atomic mass is 10.3. The second-order valence-corrected chi connectivity index (χ2v) is 4.35. The summed E-state index contributed by atoms with van der Waals surface area (Å²) in [5.41, 5.74) is 0.780. The van der Waals surface area contributed by atoms with Crippen LogP contribution in [0.2, 0.25) is 0 Å². The number of hydrogen-bond acceptors (Lipinski definition) is 3. The Balaban J connectivity index is 2.85. The van der Waals surface area contributed by atoms with E-state index in [0.29, 0.717) is 0 Å². The van der Waals surface area contributed by atoms with Crippen molar-refractivity contribution in [3.8, 4) is 0 Å². The van der Waals surface area contributed by atoms with E-state index < -0.39 is 9.84 Å². The fraction of sp³-hybridized carbons (Fsp3) is 0.125. The van der Waals surface area contributed by atoms with Crippen LogP contribution in [0.1, 0.15) is 5.56 Å². The molecule has 1 heterocycles. The highest BCUT2D eigenvalue weighted by Crippen LogP contribution is 2.00. The highest BCUT2D eigenvalue weighted by Gasteiger charge is 1.92. The highest BCUT2D eigenvalue weighted by atomic mass is 32.2. The van der Waals surface area contributed by atoms with Crippen LogP contribution in [0, 0.1) is 0 Å². The van der Waals surface area contributed by atoms with Gasteiger partial charge in [-0.2, -0.15) is 0 Å². The minimum Gasteiger partial charge on any atom is -0.264 e. The van der Waals surface area contributed by atoms with Crippen LogP contribution in [0.4, 0.5) is 0 Å². The quantitative estimate of drug-likeness (QED) is 0.689. The van der Waals surface area contributed by atoms with E-state index in [1.807, 2.05) is 0 Å². The Bertz CT molecular complexity index is 367. The zero-order chi connectivity index (χ0) is 9.03. The first-order valence-electron chi connectivity index (χ1n) is 3.36. The summed E-state index contributed by atoms with van der Waals surface area (Å²) < 4.78 is 21.4. The molecule has 0 amide bonds. The Morgan fingerprint density at radius 3 is 2.75 bits per heavy atom. The molecule has 0 aliphatic rings. The molecule has 0 saturated carbocycles. The van der Waals surface area contributed by atoms with Crippen LogP contribution < -0.4 is 0 Å². The van der Waals surface area contributed by atoms with Gasteiger partial charge in [0.15, 0.2) is 9.84 Å². The van der Waals surface area contributed by atoms with Crippen molar-refractivity contribution in [2.75, 3.05) is 6.26 Å². The minimum atomic E-state index is -3.03. The molecule has 1 aromatic heterocycles. The lowest BCUT2D eigenvalue weighted by molar-refractivity contribution is 0.610. The van der Waals surface area contributed by atoms with Crippen LogP contribution in [0.5, 0.6) is 0 Å². The van der Waals surface area contributed by atoms with Gasteiger partial charge in [0.05, 0.1) is 0 Å². The molecule has 64 valence electrons. The Labute approximate surface area is 71.7 Å². The summed E-state index contributed by atoms with van der Waals surface area (Å²) in [5, 5.41) is 1.16. The molecule has 0 fully saturated rings. The molecule has 1 aromatic rings. The van der Waals surface area contributed by atoms with Crippen molar-refractivity contribution in [2.24, 2.45) is 0 Å². The van der Waals surface area contributed by atoms with E-state index in [0.717, 1.165) is 17.2 Å². The summed E-state index contributed by atoms with van der Waals surface area (Å²) in [7, 11) is -3.03. The number of hydrogen-bond donors (Lipinski definition) is 0. The van der Waals surface area contributed by atoms with Crippen molar-refractivity contribution in [3.63, 3.8) is 0 Å². The molecule has 0 atom stereocenters. The second-order valence-electron chi connectivity index (χ2n) is 2.42. The topological polar surface area (TPSA) is 47.0 Å². The predicted octanol–water partition coefficient (Wildman–Crippen LogP) is 1.10. The van der Waals surface area contributed by atoms with Crippen LogP contribution >= 0.6 is 0 Å². The first-order chi connectivity index (χ1) is 5.58.